The molecular formula is C24H28FNO5. The summed E-state index contributed by atoms with van der Waals surface area (Å²) >= 11 is 0. The number of aliphatic hydroxyl groups excluding tert-OH is 1. The van der Waals surface area contributed by atoms with Gasteiger partial charge in [0.2, 0.25) is 0 Å². The van der Waals surface area contributed by atoms with Crippen LogP contribution in [0.3, 0.4) is 0 Å². The fourth-order valence-corrected chi connectivity index (χ4v) is 4.39. The first kappa shape index (κ1) is 22.9. The number of benzene rings is 1. The molecule has 166 valence electrons. The van der Waals surface area contributed by atoms with Gasteiger partial charge >= 0.3 is 5.97 Å². The predicted octanol–water partition coefficient (Wildman–Crippen LogP) is 4.28. The zero-order chi connectivity index (χ0) is 22.9. The highest BCUT2D eigenvalue weighted by molar-refractivity contribution is 6.12. The van der Waals surface area contributed by atoms with Crippen LogP contribution in [0, 0.1) is 5.82 Å². The van der Waals surface area contributed by atoms with Crippen LogP contribution in [0.15, 0.2) is 24.3 Å². The minimum atomic E-state index is -0.738. The van der Waals surface area contributed by atoms with Crippen molar-refractivity contribution in [3.8, 4) is 11.3 Å². The summed E-state index contributed by atoms with van der Waals surface area (Å²) in [6.07, 6.45) is -0.449. The molecule has 0 bridgehead atoms. The van der Waals surface area contributed by atoms with E-state index in [2.05, 4.69) is 0 Å². The van der Waals surface area contributed by atoms with Gasteiger partial charge in [-0.1, -0.05) is 13.8 Å². The van der Waals surface area contributed by atoms with Gasteiger partial charge in [0.1, 0.15) is 11.9 Å². The van der Waals surface area contributed by atoms with Crippen molar-refractivity contribution in [3.05, 3.63) is 46.9 Å². The number of hydrogen-bond acceptors (Lipinski definition) is 5. The van der Waals surface area contributed by atoms with E-state index in [0.717, 1.165) is 5.69 Å². The van der Waals surface area contributed by atoms with E-state index in [0.29, 0.717) is 41.8 Å². The summed E-state index contributed by atoms with van der Waals surface area (Å²) in [5, 5.41) is 9.91. The Bertz CT molecular complexity index is 1010. The molecule has 0 aliphatic carbocycles. The van der Waals surface area contributed by atoms with Gasteiger partial charge in [-0.3, -0.25) is 14.4 Å². The number of ether oxygens (including phenoxy) is 1. The highest BCUT2D eigenvalue weighted by atomic mass is 19.1. The molecule has 0 amide bonds. The van der Waals surface area contributed by atoms with Crippen molar-refractivity contribution >= 4 is 17.5 Å². The molecule has 1 aliphatic heterocycles. The molecule has 1 saturated heterocycles. The van der Waals surface area contributed by atoms with Crippen molar-refractivity contribution in [2.75, 3.05) is 0 Å². The van der Waals surface area contributed by atoms with Gasteiger partial charge in [0.25, 0.3) is 0 Å². The molecule has 0 saturated carbocycles. The molecule has 2 aromatic rings. The molecule has 0 spiro atoms. The van der Waals surface area contributed by atoms with Crippen molar-refractivity contribution in [1.29, 1.82) is 0 Å². The summed E-state index contributed by atoms with van der Waals surface area (Å²) in [4.78, 5) is 37.0. The van der Waals surface area contributed by atoms with Gasteiger partial charge in [0.05, 0.1) is 23.8 Å². The van der Waals surface area contributed by atoms with Gasteiger partial charge in [0.15, 0.2) is 11.6 Å². The number of ketones is 2. The number of aromatic nitrogens is 1. The smallest absolute Gasteiger partial charge is 0.308 e. The van der Waals surface area contributed by atoms with Gasteiger partial charge in [-0.25, -0.2) is 4.39 Å². The number of aliphatic hydroxyl groups is 1. The summed E-state index contributed by atoms with van der Waals surface area (Å²) in [7, 11) is 0. The minimum Gasteiger partial charge on any atom is -0.462 e. The Kier molecular flexibility index (Phi) is 6.74. The minimum absolute atomic E-state index is 0.0128. The fourth-order valence-electron chi connectivity index (χ4n) is 4.39. The highest BCUT2D eigenvalue weighted by Crippen LogP contribution is 2.37. The Morgan fingerprint density at radius 1 is 1.16 bits per heavy atom. The molecule has 1 aliphatic rings. The Hall–Kier alpha value is -2.80. The van der Waals surface area contributed by atoms with Gasteiger partial charge in [-0.2, -0.15) is 0 Å². The third kappa shape index (κ3) is 4.77. The zero-order valence-electron chi connectivity index (χ0n) is 18.3. The monoisotopic (exact) mass is 429 g/mol. The van der Waals surface area contributed by atoms with Gasteiger partial charge < -0.3 is 14.4 Å². The Balaban J connectivity index is 2.15. The van der Waals surface area contributed by atoms with E-state index in [4.69, 9.17) is 4.74 Å². The van der Waals surface area contributed by atoms with Crippen molar-refractivity contribution < 1.29 is 28.6 Å². The molecule has 2 atom stereocenters. The predicted molar refractivity (Wildman–Crippen MR) is 114 cm³/mol. The average molecular weight is 429 g/mol. The molecule has 1 aromatic carbocycles. The largest absolute Gasteiger partial charge is 0.462 e. The summed E-state index contributed by atoms with van der Waals surface area (Å²) in [5.74, 6) is -1.36. The molecule has 2 heterocycles. The second-order valence-electron chi connectivity index (χ2n) is 8.40. The van der Waals surface area contributed by atoms with Gasteiger partial charge in [-0.15, -0.1) is 0 Å². The van der Waals surface area contributed by atoms with Crippen molar-refractivity contribution in [2.45, 2.75) is 71.6 Å². The lowest BCUT2D eigenvalue weighted by Gasteiger charge is -2.27. The van der Waals surface area contributed by atoms with E-state index in [-0.39, 0.29) is 23.9 Å². The molecule has 0 unspecified atom stereocenters. The first-order valence-corrected chi connectivity index (χ1v) is 10.5. The van der Waals surface area contributed by atoms with Gasteiger partial charge in [-0.05, 0) is 49.6 Å². The molecule has 6 nitrogen and oxygen atoms in total. The number of carbonyl (C=O) groups excluding carboxylic acids is 3. The second kappa shape index (κ2) is 9.14. The molecule has 31 heavy (non-hydrogen) atoms. The summed E-state index contributed by atoms with van der Waals surface area (Å²) in [6.45, 7) is 7.12. The van der Waals surface area contributed by atoms with E-state index in [1.165, 1.54) is 26.0 Å². The topological polar surface area (TPSA) is 85.6 Å². The second-order valence-corrected chi connectivity index (χ2v) is 8.40. The maximum atomic E-state index is 13.6. The quantitative estimate of drug-likeness (QED) is 0.525. The van der Waals surface area contributed by atoms with Crippen molar-refractivity contribution in [1.82, 2.24) is 4.57 Å². The van der Waals surface area contributed by atoms with Crippen molar-refractivity contribution in [3.63, 3.8) is 0 Å². The number of esters is 1. The average Bonchev–Trinajstić information content (AvgIpc) is 3.02. The SMILES string of the molecule is CC(=O)c1c(C(C)=O)c(C(C)C)n(CC[C@@H]2C[C@@H](O)CC(=O)O2)c1-c1ccc(F)cc1. The number of rotatable bonds is 7. The third-order valence-corrected chi connectivity index (χ3v) is 5.58. The fraction of sp³-hybridized carbons (Fsp3) is 0.458. The molecule has 7 heteroatoms. The van der Waals surface area contributed by atoms with Crippen LogP contribution in [0.1, 0.15) is 79.3 Å². The molecule has 0 radical (unpaired) electrons. The Morgan fingerprint density at radius 3 is 2.29 bits per heavy atom. The highest BCUT2D eigenvalue weighted by Gasteiger charge is 2.32. The maximum absolute atomic E-state index is 13.6. The van der Waals surface area contributed by atoms with Crippen LogP contribution in [0.4, 0.5) is 4.39 Å². The number of halogens is 1. The third-order valence-electron chi connectivity index (χ3n) is 5.58. The first-order valence-electron chi connectivity index (χ1n) is 10.5. The number of carbonyl (C=O) groups is 3. The van der Waals surface area contributed by atoms with E-state index in [1.807, 2.05) is 18.4 Å². The first-order chi connectivity index (χ1) is 14.6. The summed E-state index contributed by atoms with van der Waals surface area (Å²) in [6, 6.07) is 5.81. The Labute approximate surface area is 181 Å². The number of nitrogens with zero attached hydrogens (tertiary/aromatic N) is 1. The van der Waals surface area contributed by atoms with E-state index in [9.17, 15) is 23.9 Å². The molecule has 1 fully saturated rings. The molecule has 3 rings (SSSR count). The zero-order valence-corrected chi connectivity index (χ0v) is 18.3. The van der Waals surface area contributed by atoms with Crippen LogP contribution in [0.5, 0.6) is 0 Å². The maximum Gasteiger partial charge on any atom is 0.308 e. The lowest BCUT2D eigenvalue weighted by atomic mass is 9.96. The number of cyclic esters (lactones) is 1. The van der Waals surface area contributed by atoms with Crippen LogP contribution in [-0.2, 0) is 16.1 Å². The van der Waals surface area contributed by atoms with E-state index >= 15 is 0 Å². The molecule has 1 N–H and O–H groups in total. The lowest BCUT2D eigenvalue weighted by Crippen LogP contribution is -2.33. The van der Waals surface area contributed by atoms with Crippen LogP contribution in [-0.4, -0.2) is 39.4 Å². The lowest BCUT2D eigenvalue weighted by molar-refractivity contribution is -0.160. The normalized spacial score (nSPS) is 18.9. The standard InChI is InChI=1S/C24H28FNO5/c1-13(2)23-21(14(3)27)22(15(4)28)24(16-5-7-17(25)8-6-16)26(23)10-9-19-11-18(29)12-20(30)31-19/h5-8,13,18-19,29H,9-12H2,1-4H3/t18-,19-/m1/s1. The van der Waals surface area contributed by atoms with Crippen LogP contribution in [0.2, 0.25) is 0 Å². The van der Waals surface area contributed by atoms with Crippen LogP contribution >= 0.6 is 0 Å². The summed E-state index contributed by atoms with van der Waals surface area (Å²) < 4.78 is 20.9. The van der Waals surface area contributed by atoms with E-state index in [1.54, 1.807) is 12.1 Å². The Morgan fingerprint density at radius 2 is 1.77 bits per heavy atom. The number of Topliss-reactive ketones (excluding diaryl/α,β-unsaturated/α-hetero) is 2. The molecular weight excluding hydrogens is 401 g/mol. The molecule has 1 aromatic heterocycles. The van der Waals surface area contributed by atoms with Crippen LogP contribution < -0.4 is 0 Å². The van der Waals surface area contributed by atoms with Crippen LogP contribution in [0.25, 0.3) is 11.3 Å². The van der Waals surface area contributed by atoms with E-state index < -0.39 is 24.0 Å². The summed E-state index contributed by atoms with van der Waals surface area (Å²) in [5.41, 5.74) is 2.61. The van der Waals surface area contributed by atoms with Crippen molar-refractivity contribution in [2.24, 2.45) is 0 Å². The number of hydrogen-bond donors (Lipinski definition) is 1. The van der Waals surface area contributed by atoms with Gasteiger partial charge in [0, 0.05) is 30.6 Å².